The van der Waals surface area contributed by atoms with Gasteiger partial charge in [0, 0.05) is 11.1 Å². The Balaban J connectivity index is 2.62. The summed E-state index contributed by atoms with van der Waals surface area (Å²) in [6.45, 7) is 4.40. The van der Waals surface area contributed by atoms with E-state index in [9.17, 15) is 0 Å². The number of halogens is 1. The Morgan fingerprint density at radius 2 is 2.00 bits per heavy atom. The van der Waals surface area contributed by atoms with Crippen LogP contribution >= 0.6 is 11.6 Å². The average Bonchev–Trinajstić information content (AvgIpc) is 2.33. The molecule has 0 spiro atoms. The summed E-state index contributed by atoms with van der Waals surface area (Å²) in [5, 5.41) is 4.24. The van der Waals surface area contributed by atoms with E-state index in [1.165, 1.54) is 43.2 Å². The van der Waals surface area contributed by atoms with Crippen LogP contribution in [0.2, 0.25) is 5.02 Å². The maximum atomic E-state index is 6.07. The van der Waals surface area contributed by atoms with Crippen LogP contribution in [0.4, 0.5) is 0 Å². The highest BCUT2D eigenvalue weighted by Gasteiger charge is 2.11. The van der Waals surface area contributed by atoms with E-state index in [2.05, 4.69) is 31.3 Å². The molecule has 2 heteroatoms. The molecule has 1 N–H and O–H groups in total. The largest absolute Gasteiger partial charge is 0.313 e. The average molecular weight is 254 g/mol. The first-order valence-corrected chi connectivity index (χ1v) is 7.00. The normalized spacial score (nSPS) is 12.7. The van der Waals surface area contributed by atoms with Crippen LogP contribution in [-0.4, -0.2) is 7.05 Å². The fourth-order valence-corrected chi connectivity index (χ4v) is 2.40. The quantitative estimate of drug-likeness (QED) is 0.683. The van der Waals surface area contributed by atoms with Gasteiger partial charge < -0.3 is 5.32 Å². The predicted molar refractivity (Wildman–Crippen MR) is 76.7 cm³/mol. The molecular weight excluding hydrogens is 230 g/mol. The lowest BCUT2D eigenvalue weighted by Gasteiger charge is -2.19. The number of aryl methyl sites for hydroxylation is 1. The van der Waals surface area contributed by atoms with E-state index in [0.29, 0.717) is 6.04 Å². The van der Waals surface area contributed by atoms with E-state index >= 15 is 0 Å². The molecule has 1 aromatic rings. The Hall–Kier alpha value is -0.530. The van der Waals surface area contributed by atoms with Crippen LogP contribution in [0.15, 0.2) is 18.2 Å². The first-order chi connectivity index (χ1) is 8.19. The molecule has 0 amide bonds. The third kappa shape index (κ3) is 4.69. The highest BCUT2D eigenvalue weighted by Crippen LogP contribution is 2.25. The molecule has 0 aliphatic carbocycles. The summed E-state index contributed by atoms with van der Waals surface area (Å²) in [5.41, 5.74) is 2.67. The second-order valence-corrected chi connectivity index (χ2v) is 5.13. The van der Waals surface area contributed by atoms with Crippen molar-refractivity contribution in [1.29, 1.82) is 0 Å². The minimum Gasteiger partial charge on any atom is -0.313 e. The van der Waals surface area contributed by atoms with E-state index in [1.54, 1.807) is 0 Å². The zero-order chi connectivity index (χ0) is 12.7. The molecule has 0 radical (unpaired) electrons. The Bertz CT molecular complexity index is 336. The van der Waals surface area contributed by atoms with Gasteiger partial charge in [-0.3, -0.25) is 0 Å². The lowest BCUT2D eigenvalue weighted by atomic mass is 9.96. The maximum Gasteiger partial charge on any atom is 0.0409 e. The Kier molecular flexibility index (Phi) is 6.61. The lowest BCUT2D eigenvalue weighted by molar-refractivity contribution is 0.503. The van der Waals surface area contributed by atoms with Gasteiger partial charge in [0.15, 0.2) is 0 Å². The van der Waals surface area contributed by atoms with Crippen molar-refractivity contribution in [2.75, 3.05) is 7.05 Å². The van der Waals surface area contributed by atoms with Crippen molar-refractivity contribution in [3.05, 3.63) is 34.3 Å². The molecule has 1 atom stereocenters. The van der Waals surface area contributed by atoms with Crippen LogP contribution in [0.1, 0.15) is 56.2 Å². The van der Waals surface area contributed by atoms with Gasteiger partial charge in [0.25, 0.3) is 0 Å². The molecular formula is C15H24ClN. The molecule has 0 aromatic heterocycles. The van der Waals surface area contributed by atoms with E-state index in [1.807, 2.05) is 13.1 Å². The van der Waals surface area contributed by atoms with Crippen molar-refractivity contribution in [2.24, 2.45) is 0 Å². The van der Waals surface area contributed by atoms with Crippen LogP contribution in [0.5, 0.6) is 0 Å². The molecule has 0 saturated carbocycles. The smallest absolute Gasteiger partial charge is 0.0409 e. The van der Waals surface area contributed by atoms with Crippen LogP contribution < -0.4 is 5.32 Å². The summed E-state index contributed by atoms with van der Waals surface area (Å²) >= 11 is 6.07. The van der Waals surface area contributed by atoms with Crippen LogP contribution in [0, 0.1) is 6.92 Å². The summed E-state index contributed by atoms with van der Waals surface area (Å²) in [4.78, 5) is 0. The standard InChI is InChI=1S/C15H24ClN/c1-4-5-6-7-8-15(17-3)14-11-13(16)10-9-12(14)2/h9-11,15,17H,4-8H2,1-3H3. The van der Waals surface area contributed by atoms with Crippen molar-refractivity contribution in [3.8, 4) is 0 Å². The SMILES string of the molecule is CCCCCCC(NC)c1cc(Cl)ccc1C. The Morgan fingerprint density at radius 1 is 1.24 bits per heavy atom. The summed E-state index contributed by atoms with van der Waals surface area (Å²) in [7, 11) is 2.03. The van der Waals surface area contributed by atoms with Gasteiger partial charge in [0.05, 0.1) is 0 Å². The van der Waals surface area contributed by atoms with Crippen molar-refractivity contribution in [1.82, 2.24) is 5.32 Å². The number of nitrogens with one attached hydrogen (secondary N) is 1. The molecule has 1 nitrogen and oxygen atoms in total. The number of hydrogen-bond acceptors (Lipinski definition) is 1. The van der Waals surface area contributed by atoms with E-state index in [4.69, 9.17) is 11.6 Å². The zero-order valence-corrected chi connectivity index (χ0v) is 12.0. The molecule has 1 rings (SSSR count). The lowest BCUT2D eigenvalue weighted by Crippen LogP contribution is -2.17. The van der Waals surface area contributed by atoms with Gasteiger partial charge in [0.1, 0.15) is 0 Å². The Labute approximate surface area is 111 Å². The molecule has 1 unspecified atom stereocenters. The molecule has 0 fully saturated rings. The van der Waals surface area contributed by atoms with Gasteiger partial charge in [-0.05, 0) is 43.7 Å². The molecule has 0 heterocycles. The van der Waals surface area contributed by atoms with Crippen LogP contribution in [0.3, 0.4) is 0 Å². The zero-order valence-electron chi connectivity index (χ0n) is 11.2. The van der Waals surface area contributed by atoms with Gasteiger partial charge >= 0.3 is 0 Å². The number of rotatable bonds is 7. The van der Waals surface area contributed by atoms with E-state index in [0.717, 1.165) is 5.02 Å². The third-order valence-electron chi connectivity index (χ3n) is 3.31. The third-order valence-corrected chi connectivity index (χ3v) is 3.55. The number of benzene rings is 1. The second kappa shape index (κ2) is 7.73. The summed E-state index contributed by atoms with van der Waals surface area (Å²) in [6.07, 6.45) is 6.43. The van der Waals surface area contributed by atoms with Crippen molar-refractivity contribution < 1.29 is 0 Å². The van der Waals surface area contributed by atoms with Gasteiger partial charge in [-0.15, -0.1) is 0 Å². The highest BCUT2D eigenvalue weighted by molar-refractivity contribution is 6.30. The maximum absolute atomic E-state index is 6.07. The van der Waals surface area contributed by atoms with Gasteiger partial charge in [0.2, 0.25) is 0 Å². The number of hydrogen-bond donors (Lipinski definition) is 1. The topological polar surface area (TPSA) is 12.0 Å². The monoisotopic (exact) mass is 253 g/mol. The minimum absolute atomic E-state index is 0.436. The van der Waals surface area contributed by atoms with Gasteiger partial charge in [-0.1, -0.05) is 50.3 Å². The molecule has 96 valence electrons. The molecule has 1 aromatic carbocycles. The summed E-state index contributed by atoms with van der Waals surface area (Å²) < 4.78 is 0. The molecule has 0 bridgehead atoms. The van der Waals surface area contributed by atoms with Crippen molar-refractivity contribution in [2.45, 2.75) is 52.0 Å². The predicted octanol–water partition coefficient (Wildman–Crippen LogP) is 4.88. The van der Waals surface area contributed by atoms with Crippen molar-refractivity contribution >= 4 is 11.6 Å². The fraction of sp³-hybridized carbons (Fsp3) is 0.600. The first kappa shape index (κ1) is 14.5. The highest BCUT2D eigenvalue weighted by atomic mass is 35.5. The first-order valence-electron chi connectivity index (χ1n) is 6.62. The van der Waals surface area contributed by atoms with Crippen LogP contribution in [0.25, 0.3) is 0 Å². The van der Waals surface area contributed by atoms with Gasteiger partial charge in [-0.25, -0.2) is 0 Å². The van der Waals surface area contributed by atoms with Gasteiger partial charge in [-0.2, -0.15) is 0 Å². The Morgan fingerprint density at radius 3 is 2.65 bits per heavy atom. The summed E-state index contributed by atoms with van der Waals surface area (Å²) in [5.74, 6) is 0. The van der Waals surface area contributed by atoms with Crippen molar-refractivity contribution in [3.63, 3.8) is 0 Å². The van der Waals surface area contributed by atoms with E-state index in [-0.39, 0.29) is 0 Å². The molecule has 0 aliphatic heterocycles. The molecule has 0 saturated heterocycles. The van der Waals surface area contributed by atoms with E-state index < -0.39 is 0 Å². The molecule has 17 heavy (non-hydrogen) atoms. The number of unbranched alkanes of at least 4 members (excludes halogenated alkanes) is 3. The fourth-order valence-electron chi connectivity index (χ4n) is 2.22. The molecule has 0 aliphatic rings. The second-order valence-electron chi connectivity index (χ2n) is 4.69. The van der Waals surface area contributed by atoms with Crippen LogP contribution in [-0.2, 0) is 0 Å². The summed E-state index contributed by atoms with van der Waals surface area (Å²) in [6, 6.07) is 6.60. The minimum atomic E-state index is 0.436.